The van der Waals surface area contributed by atoms with Crippen LogP contribution in [-0.2, 0) is 13.0 Å². The van der Waals surface area contributed by atoms with Crippen LogP contribution < -0.4 is 5.56 Å². The minimum Gasteiger partial charge on any atom is -0.266 e. The van der Waals surface area contributed by atoms with E-state index in [9.17, 15) is 4.79 Å². The Bertz CT molecular complexity index is 593. The molecular weight excluding hydrogens is 370 g/mol. The molecule has 17 heavy (non-hydrogen) atoms. The monoisotopic (exact) mass is 377 g/mol. The third-order valence-corrected chi connectivity index (χ3v) is 5.23. The smallest absolute Gasteiger partial charge is 0.266 e. The van der Waals surface area contributed by atoms with Crippen molar-refractivity contribution in [2.45, 2.75) is 19.9 Å². The van der Waals surface area contributed by atoms with Gasteiger partial charge in [-0.05, 0) is 38.8 Å². The zero-order valence-electron chi connectivity index (χ0n) is 8.98. The molecule has 0 spiro atoms. The molecule has 0 aliphatic carbocycles. The van der Waals surface area contributed by atoms with Gasteiger partial charge in [0.05, 0.1) is 21.9 Å². The average Bonchev–Trinajstić information content (AvgIpc) is 2.71. The number of aryl methyl sites for hydroxylation is 3. The van der Waals surface area contributed by atoms with Gasteiger partial charge >= 0.3 is 0 Å². The summed E-state index contributed by atoms with van der Waals surface area (Å²) < 4.78 is 2.63. The normalized spacial score (nSPS) is 10.8. The molecule has 2 heterocycles. The van der Waals surface area contributed by atoms with Crippen LogP contribution in [0.15, 0.2) is 25.4 Å². The molecule has 2 aromatic heterocycles. The molecule has 90 valence electrons. The fourth-order valence-corrected chi connectivity index (χ4v) is 2.72. The van der Waals surface area contributed by atoms with Crippen LogP contribution >= 0.6 is 43.2 Å². The molecule has 0 saturated carbocycles. The fourth-order valence-electron chi connectivity index (χ4n) is 1.38. The molecule has 0 aliphatic heterocycles. The Balaban J connectivity index is 2.18. The fraction of sp³-hybridized carbons (Fsp3) is 0.300. The Morgan fingerprint density at radius 1 is 1.47 bits per heavy atom. The third kappa shape index (κ3) is 2.83. The van der Waals surface area contributed by atoms with Crippen LogP contribution in [0.1, 0.15) is 10.6 Å². The van der Waals surface area contributed by atoms with Gasteiger partial charge in [-0.1, -0.05) is 0 Å². The molecular formula is C10H9Br2N3OS. The van der Waals surface area contributed by atoms with Crippen molar-refractivity contribution >= 4 is 43.2 Å². The number of rotatable bonds is 3. The predicted octanol–water partition coefficient (Wildman–Crippen LogP) is 2.78. The number of hydrogen-bond donors (Lipinski definition) is 0. The lowest BCUT2D eigenvalue weighted by molar-refractivity contribution is 0.575. The van der Waals surface area contributed by atoms with Gasteiger partial charge in [0.1, 0.15) is 4.47 Å². The van der Waals surface area contributed by atoms with E-state index in [4.69, 9.17) is 0 Å². The molecule has 0 N–H and O–H groups in total. The zero-order chi connectivity index (χ0) is 12.4. The first kappa shape index (κ1) is 12.9. The molecule has 0 bridgehead atoms. The van der Waals surface area contributed by atoms with Gasteiger partial charge in [0, 0.05) is 17.8 Å². The highest BCUT2D eigenvalue weighted by molar-refractivity contribution is 9.13. The Hall–Kier alpha value is -0.530. The molecule has 2 aromatic rings. The number of halogens is 2. The maximum atomic E-state index is 11.8. The quantitative estimate of drug-likeness (QED) is 0.824. The van der Waals surface area contributed by atoms with Crippen LogP contribution in [0.2, 0.25) is 0 Å². The van der Waals surface area contributed by atoms with E-state index in [2.05, 4.69) is 41.9 Å². The summed E-state index contributed by atoms with van der Waals surface area (Å²) in [6.07, 6.45) is 2.39. The lowest BCUT2D eigenvalue weighted by Gasteiger charge is -2.04. The van der Waals surface area contributed by atoms with E-state index in [1.54, 1.807) is 17.5 Å². The van der Waals surface area contributed by atoms with Gasteiger partial charge in [-0.15, -0.1) is 11.3 Å². The molecule has 0 unspecified atom stereocenters. The van der Waals surface area contributed by atoms with E-state index in [1.165, 1.54) is 9.56 Å². The summed E-state index contributed by atoms with van der Waals surface area (Å²) in [6, 6.07) is 0. The highest BCUT2D eigenvalue weighted by Gasteiger charge is 2.08. The standard InChI is InChI=1S/C10H9Br2N3OS/c1-6-8(17-5-13-6)2-3-15-10(16)9(12)7(11)4-14-15/h4-5H,2-3H2,1H3. The van der Waals surface area contributed by atoms with Crippen molar-refractivity contribution in [2.75, 3.05) is 0 Å². The summed E-state index contributed by atoms with van der Waals surface area (Å²) in [5.74, 6) is 0. The van der Waals surface area contributed by atoms with Crippen molar-refractivity contribution < 1.29 is 0 Å². The highest BCUT2D eigenvalue weighted by Crippen LogP contribution is 2.17. The Labute approximate surface area is 119 Å². The Morgan fingerprint density at radius 3 is 2.88 bits per heavy atom. The van der Waals surface area contributed by atoms with Gasteiger partial charge in [0.2, 0.25) is 0 Å². The largest absolute Gasteiger partial charge is 0.282 e. The van der Waals surface area contributed by atoms with E-state index in [0.29, 0.717) is 15.5 Å². The molecule has 0 radical (unpaired) electrons. The van der Waals surface area contributed by atoms with Crippen LogP contribution in [0.5, 0.6) is 0 Å². The van der Waals surface area contributed by atoms with Crippen molar-refractivity contribution in [3.05, 3.63) is 41.6 Å². The third-order valence-electron chi connectivity index (χ3n) is 2.34. The average molecular weight is 379 g/mol. The lowest BCUT2D eigenvalue weighted by Crippen LogP contribution is -2.24. The van der Waals surface area contributed by atoms with Gasteiger partial charge < -0.3 is 0 Å². The minimum absolute atomic E-state index is 0.124. The summed E-state index contributed by atoms with van der Waals surface area (Å²) in [4.78, 5) is 17.2. The van der Waals surface area contributed by atoms with E-state index < -0.39 is 0 Å². The van der Waals surface area contributed by atoms with Crippen molar-refractivity contribution in [2.24, 2.45) is 0 Å². The molecule has 2 rings (SSSR count). The summed E-state index contributed by atoms with van der Waals surface area (Å²) in [5.41, 5.74) is 2.72. The molecule has 7 heteroatoms. The number of hydrogen-bond acceptors (Lipinski definition) is 4. The first-order valence-corrected chi connectivity index (χ1v) is 7.36. The molecule has 0 saturated heterocycles. The van der Waals surface area contributed by atoms with Gasteiger partial charge in [-0.2, -0.15) is 5.10 Å². The molecule has 0 atom stereocenters. The predicted molar refractivity (Wildman–Crippen MR) is 74.5 cm³/mol. The van der Waals surface area contributed by atoms with Crippen molar-refractivity contribution in [3.63, 3.8) is 0 Å². The second-order valence-electron chi connectivity index (χ2n) is 3.45. The summed E-state index contributed by atoms with van der Waals surface area (Å²) in [5, 5.41) is 4.08. The first-order chi connectivity index (χ1) is 8.09. The second-order valence-corrected chi connectivity index (χ2v) is 6.03. The molecule has 0 aliphatic rings. The van der Waals surface area contributed by atoms with Crippen LogP contribution in [0, 0.1) is 6.92 Å². The Kier molecular flexibility index (Phi) is 4.11. The Morgan fingerprint density at radius 2 is 2.24 bits per heavy atom. The van der Waals surface area contributed by atoms with Crippen molar-refractivity contribution in [1.29, 1.82) is 0 Å². The van der Waals surface area contributed by atoms with Crippen LogP contribution in [0.4, 0.5) is 0 Å². The summed E-state index contributed by atoms with van der Waals surface area (Å²) in [6.45, 7) is 2.54. The molecule has 4 nitrogen and oxygen atoms in total. The number of aromatic nitrogens is 3. The molecule has 0 fully saturated rings. The van der Waals surface area contributed by atoms with Gasteiger partial charge in [0.25, 0.3) is 5.56 Å². The van der Waals surface area contributed by atoms with Crippen LogP contribution in [-0.4, -0.2) is 14.8 Å². The first-order valence-electron chi connectivity index (χ1n) is 4.89. The molecule has 0 amide bonds. The maximum Gasteiger partial charge on any atom is 0.282 e. The zero-order valence-corrected chi connectivity index (χ0v) is 13.0. The van der Waals surface area contributed by atoms with E-state index in [1.807, 2.05) is 12.4 Å². The topological polar surface area (TPSA) is 47.8 Å². The highest BCUT2D eigenvalue weighted by atomic mass is 79.9. The van der Waals surface area contributed by atoms with E-state index in [0.717, 1.165) is 12.1 Å². The lowest BCUT2D eigenvalue weighted by atomic mass is 10.3. The van der Waals surface area contributed by atoms with Gasteiger partial charge in [0.15, 0.2) is 0 Å². The van der Waals surface area contributed by atoms with E-state index >= 15 is 0 Å². The van der Waals surface area contributed by atoms with Crippen LogP contribution in [0.3, 0.4) is 0 Å². The summed E-state index contributed by atoms with van der Waals surface area (Å²) >= 11 is 8.09. The van der Waals surface area contributed by atoms with Crippen molar-refractivity contribution in [3.8, 4) is 0 Å². The summed E-state index contributed by atoms with van der Waals surface area (Å²) in [7, 11) is 0. The van der Waals surface area contributed by atoms with Gasteiger partial charge in [-0.3, -0.25) is 4.79 Å². The van der Waals surface area contributed by atoms with E-state index in [-0.39, 0.29) is 5.56 Å². The molecule has 0 aromatic carbocycles. The number of nitrogens with zero attached hydrogens (tertiary/aromatic N) is 3. The maximum absolute atomic E-state index is 11.8. The minimum atomic E-state index is -0.124. The second kappa shape index (κ2) is 5.41. The van der Waals surface area contributed by atoms with Crippen LogP contribution in [0.25, 0.3) is 0 Å². The number of thiazole rings is 1. The SMILES string of the molecule is Cc1ncsc1CCn1ncc(Br)c(Br)c1=O. The van der Waals surface area contributed by atoms with Crippen molar-refractivity contribution in [1.82, 2.24) is 14.8 Å². The van der Waals surface area contributed by atoms with Gasteiger partial charge in [-0.25, -0.2) is 9.67 Å².